The first kappa shape index (κ1) is 21.4. The van der Waals surface area contributed by atoms with Gasteiger partial charge in [-0.25, -0.2) is 0 Å². The molecule has 2 heterocycles. The fourth-order valence-electron chi connectivity index (χ4n) is 4.71. The van der Waals surface area contributed by atoms with Crippen molar-refractivity contribution in [3.8, 4) is 5.75 Å². The van der Waals surface area contributed by atoms with E-state index in [1.807, 2.05) is 12.1 Å². The minimum Gasteiger partial charge on any atom is -0.490 e. The first-order valence-corrected chi connectivity index (χ1v) is 12.3. The lowest BCUT2D eigenvalue weighted by atomic mass is 9.83. The van der Waals surface area contributed by atoms with Crippen LogP contribution < -0.4 is 20.7 Å². The lowest BCUT2D eigenvalue weighted by molar-refractivity contribution is -0.129. The molecule has 0 radical (unpaired) electrons. The number of pyridine rings is 1. The van der Waals surface area contributed by atoms with Gasteiger partial charge in [-0.15, -0.1) is 11.8 Å². The summed E-state index contributed by atoms with van der Waals surface area (Å²) in [7, 11) is 0. The van der Waals surface area contributed by atoms with Gasteiger partial charge >= 0.3 is 0 Å². The minimum absolute atomic E-state index is 0.0783. The van der Waals surface area contributed by atoms with E-state index >= 15 is 0 Å². The predicted molar refractivity (Wildman–Crippen MR) is 117 cm³/mol. The molecule has 3 fully saturated rings. The van der Waals surface area contributed by atoms with Crippen LogP contribution in [0.1, 0.15) is 57.8 Å². The van der Waals surface area contributed by atoms with Crippen LogP contribution in [0.2, 0.25) is 0 Å². The molecule has 164 valence electrons. The second kappa shape index (κ2) is 10.5. The van der Waals surface area contributed by atoms with Gasteiger partial charge in [-0.05, 0) is 50.7 Å². The lowest BCUT2D eigenvalue weighted by Crippen LogP contribution is -2.60. The second-order valence-corrected chi connectivity index (χ2v) is 9.73. The summed E-state index contributed by atoms with van der Waals surface area (Å²) in [6, 6.07) is 4.28. The van der Waals surface area contributed by atoms with Crippen molar-refractivity contribution in [3.05, 3.63) is 24.5 Å². The Bertz CT molecular complexity index is 712. The standard InChI is InChI=1S/C22H32N4O3S/c27-20(11-14-30-22-25-19-4-2-1-3-18(19)21(28)26-22)24-15-5-7-16(8-6-15)29-17-9-12-23-13-10-17/h9-10,12-13,15-16,18-19,22,25H,1-8,11,14H2,(H,24,27)(H,26,28). The van der Waals surface area contributed by atoms with E-state index < -0.39 is 0 Å². The van der Waals surface area contributed by atoms with Gasteiger partial charge in [0.25, 0.3) is 0 Å². The number of ether oxygens (including phenoxy) is 1. The van der Waals surface area contributed by atoms with Crippen LogP contribution in [0.15, 0.2) is 24.5 Å². The molecule has 1 aromatic heterocycles. The quantitative estimate of drug-likeness (QED) is 0.613. The molecule has 2 saturated carbocycles. The number of carbonyl (C=O) groups is 2. The van der Waals surface area contributed by atoms with Crippen molar-refractivity contribution in [2.24, 2.45) is 5.92 Å². The summed E-state index contributed by atoms with van der Waals surface area (Å²) in [5.74, 6) is 1.95. The molecule has 3 N–H and O–H groups in total. The molecule has 4 rings (SSSR count). The lowest BCUT2D eigenvalue weighted by Gasteiger charge is -2.39. The number of nitrogens with zero attached hydrogens (tertiary/aromatic N) is 1. The Hall–Kier alpha value is -1.80. The molecule has 7 nitrogen and oxygen atoms in total. The van der Waals surface area contributed by atoms with Crippen LogP contribution in [0.4, 0.5) is 0 Å². The Labute approximate surface area is 182 Å². The molecule has 3 unspecified atom stereocenters. The third kappa shape index (κ3) is 5.88. The number of nitrogens with one attached hydrogen (secondary N) is 3. The highest BCUT2D eigenvalue weighted by molar-refractivity contribution is 7.99. The molecule has 3 aliphatic rings. The zero-order chi connectivity index (χ0) is 20.8. The van der Waals surface area contributed by atoms with Crippen molar-refractivity contribution in [2.45, 2.75) is 81.5 Å². The molecule has 8 heteroatoms. The average molecular weight is 433 g/mol. The van der Waals surface area contributed by atoms with Gasteiger partial charge in [0.15, 0.2) is 0 Å². The Morgan fingerprint density at radius 1 is 1.13 bits per heavy atom. The van der Waals surface area contributed by atoms with Crippen LogP contribution in [-0.4, -0.2) is 46.2 Å². The van der Waals surface area contributed by atoms with Gasteiger partial charge in [0, 0.05) is 36.7 Å². The summed E-state index contributed by atoms with van der Waals surface area (Å²) >= 11 is 1.62. The van der Waals surface area contributed by atoms with Crippen molar-refractivity contribution >= 4 is 23.6 Å². The summed E-state index contributed by atoms with van der Waals surface area (Å²) < 4.78 is 5.99. The van der Waals surface area contributed by atoms with Crippen LogP contribution in [-0.2, 0) is 9.59 Å². The Balaban J connectivity index is 1.11. The summed E-state index contributed by atoms with van der Waals surface area (Å²) in [6.07, 6.45) is 12.3. The number of amides is 2. The number of rotatable bonds is 7. The van der Waals surface area contributed by atoms with Crippen LogP contribution in [0, 0.1) is 5.92 Å². The first-order valence-electron chi connectivity index (χ1n) is 11.2. The summed E-state index contributed by atoms with van der Waals surface area (Å²) in [5.41, 5.74) is -0.0783. The first-order chi connectivity index (χ1) is 14.7. The van der Waals surface area contributed by atoms with Gasteiger partial charge in [-0.1, -0.05) is 12.8 Å². The van der Waals surface area contributed by atoms with Gasteiger partial charge in [-0.3, -0.25) is 19.9 Å². The highest BCUT2D eigenvalue weighted by atomic mass is 32.2. The zero-order valence-corrected chi connectivity index (χ0v) is 18.2. The van der Waals surface area contributed by atoms with Gasteiger partial charge in [0.05, 0.1) is 12.0 Å². The molecule has 0 bridgehead atoms. The summed E-state index contributed by atoms with van der Waals surface area (Å²) in [4.78, 5) is 28.6. The zero-order valence-electron chi connectivity index (χ0n) is 17.3. The third-order valence-electron chi connectivity index (χ3n) is 6.35. The number of hydrogen-bond donors (Lipinski definition) is 3. The van der Waals surface area contributed by atoms with Gasteiger partial charge < -0.3 is 15.4 Å². The predicted octanol–water partition coefficient (Wildman–Crippen LogP) is 2.57. The minimum atomic E-state index is -0.0783. The molecule has 0 spiro atoms. The smallest absolute Gasteiger partial charge is 0.226 e. The third-order valence-corrected chi connectivity index (χ3v) is 7.37. The molecule has 30 heavy (non-hydrogen) atoms. The van der Waals surface area contributed by atoms with E-state index in [4.69, 9.17) is 4.74 Å². The van der Waals surface area contributed by atoms with Crippen molar-refractivity contribution in [3.63, 3.8) is 0 Å². The molecular weight excluding hydrogens is 400 g/mol. The topological polar surface area (TPSA) is 92.4 Å². The monoisotopic (exact) mass is 432 g/mol. The van der Waals surface area contributed by atoms with Gasteiger partial charge in [-0.2, -0.15) is 0 Å². The van der Waals surface area contributed by atoms with E-state index in [0.29, 0.717) is 18.2 Å². The molecule has 1 saturated heterocycles. The largest absolute Gasteiger partial charge is 0.490 e. The van der Waals surface area contributed by atoms with Crippen molar-refractivity contribution in [1.82, 2.24) is 20.9 Å². The number of thioether (sulfide) groups is 1. The SMILES string of the molecule is O=C(CCSC1NC(=O)C2CCCCC2N1)NC1CCC(Oc2ccncc2)CC1. The van der Waals surface area contributed by atoms with E-state index in [1.54, 1.807) is 24.2 Å². The van der Waals surface area contributed by atoms with Crippen molar-refractivity contribution in [2.75, 3.05) is 5.75 Å². The maximum atomic E-state index is 12.3. The van der Waals surface area contributed by atoms with Crippen LogP contribution in [0.5, 0.6) is 5.75 Å². The van der Waals surface area contributed by atoms with Crippen LogP contribution in [0.25, 0.3) is 0 Å². The molecule has 2 aliphatic carbocycles. The summed E-state index contributed by atoms with van der Waals surface area (Å²) in [6.45, 7) is 0. The second-order valence-electron chi connectivity index (χ2n) is 8.52. The van der Waals surface area contributed by atoms with E-state index in [9.17, 15) is 9.59 Å². The Kier molecular flexibility index (Phi) is 7.49. The number of aromatic nitrogens is 1. The number of hydrogen-bond acceptors (Lipinski definition) is 6. The number of carbonyl (C=O) groups excluding carboxylic acids is 2. The van der Waals surface area contributed by atoms with E-state index in [1.165, 1.54) is 6.42 Å². The molecule has 2 amide bonds. The van der Waals surface area contributed by atoms with Crippen LogP contribution >= 0.6 is 11.8 Å². The van der Waals surface area contributed by atoms with Crippen molar-refractivity contribution < 1.29 is 14.3 Å². The van der Waals surface area contributed by atoms with Crippen molar-refractivity contribution in [1.29, 1.82) is 0 Å². The fraction of sp³-hybridized carbons (Fsp3) is 0.682. The molecular formula is C22H32N4O3S. The fourth-order valence-corrected chi connectivity index (χ4v) is 5.72. The molecule has 1 aromatic rings. The highest BCUT2D eigenvalue weighted by Crippen LogP contribution is 2.29. The normalized spacial score (nSPS) is 31.3. The van der Waals surface area contributed by atoms with E-state index in [2.05, 4.69) is 20.9 Å². The number of fused-ring (bicyclic) bond motifs is 1. The maximum Gasteiger partial charge on any atom is 0.226 e. The van der Waals surface area contributed by atoms with Gasteiger partial charge in [0.1, 0.15) is 11.2 Å². The van der Waals surface area contributed by atoms with Gasteiger partial charge in [0.2, 0.25) is 11.8 Å². The molecule has 0 aromatic carbocycles. The highest BCUT2D eigenvalue weighted by Gasteiger charge is 2.37. The summed E-state index contributed by atoms with van der Waals surface area (Å²) in [5, 5.41) is 9.78. The van der Waals surface area contributed by atoms with Crippen LogP contribution in [0.3, 0.4) is 0 Å². The Morgan fingerprint density at radius 2 is 1.90 bits per heavy atom. The Morgan fingerprint density at radius 3 is 2.70 bits per heavy atom. The van der Waals surface area contributed by atoms with E-state index in [-0.39, 0.29) is 35.4 Å². The maximum absolute atomic E-state index is 12.3. The molecule has 1 aliphatic heterocycles. The van der Waals surface area contributed by atoms with E-state index in [0.717, 1.165) is 50.7 Å². The average Bonchev–Trinajstić information content (AvgIpc) is 2.76. The molecule has 3 atom stereocenters.